The largest absolute Gasteiger partial charge is 0.310 e. The molecule has 234 valence electrons. The Morgan fingerprint density at radius 2 is 1.02 bits per heavy atom. The quantitative estimate of drug-likeness (QED) is 0.479. The molecule has 12 nitrogen and oxygen atoms in total. The van der Waals surface area contributed by atoms with Crippen molar-refractivity contribution in [2.24, 2.45) is 14.1 Å². The maximum Gasteiger partial charge on any atom is 0.246 e. The molecule has 0 fully saturated rings. The molecule has 0 aliphatic rings. The van der Waals surface area contributed by atoms with Gasteiger partial charge < -0.3 is 10.6 Å². The minimum Gasteiger partial charge on any atom is -0.310 e. The van der Waals surface area contributed by atoms with Gasteiger partial charge in [0.2, 0.25) is 11.8 Å². The number of carbonyl (C=O) groups excluding carboxylic acids is 2. The molecule has 2 aromatic heterocycles. The van der Waals surface area contributed by atoms with E-state index in [-0.39, 0.29) is 16.6 Å². The highest BCUT2D eigenvalue weighted by Crippen LogP contribution is 2.26. The highest BCUT2D eigenvalue weighted by atomic mass is 32.2. The number of hydrogen-bond acceptors (Lipinski definition) is 8. The van der Waals surface area contributed by atoms with E-state index in [1.54, 1.807) is 30.9 Å². The fraction of sp³-hybridized carbons (Fsp3) is 0.704. The SMILES string of the molecule is CCS(=O)(=O)C(C)(C)C(=O)Nc1cc(C(C)(C)C)nn1C.Cn1nc(C(C)(C)C)cc1NC(=O)C(C)(C)S(C)(=O)=O. The van der Waals surface area contributed by atoms with Gasteiger partial charge in [-0.15, -0.1) is 0 Å². The number of rotatable bonds is 7. The lowest BCUT2D eigenvalue weighted by Crippen LogP contribution is -2.45. The van der Waals surface area contributed by atoms with Gasteiger partial charge in [0.25, 0.3) is 0 Å². The van der Waals surface area contributed by atoms with Gasteiger partial charge in [0.1, 0.15) is 21.1 Å². The van der Waals surface area contributed by atoms with Crippen LogP contribution >= 0.6 is 0 Å². The van der Waals surface area contributed by atoms with Crippen LogP contribution in [-0.2, 0) is 54.2 Å². The number of anilines is 2. The summed E-state index contributed by atoms with van der Waals surface area (Å²) in [6.45, 7) is 19.3. The summed E-state index contributed by atoms with van der Waals surface area (Å²) in [5.74, 6) is -0.219. The Morgan fingerprint density at radius 3 is 1.27 bits per heavy atom. The number of nitrogens with zero attached hydrogens (tertiary/aromatic N) is 4. The molecule has 2 N–H and O–H groups in total. The van der Waals surface area contributed by atoms with Gasteiger partial charge in [-0.2, -0.15) is 10.2 Å². The van der Waals surface area contributed by atoms with Crippen molar-refractivity contribution >= 4 is 43.1 Å². The van der Waals surface area contributed by atoms with Crippen molar-refractivity contribution in [1.82, 2.24) is 19.6 Å². The summed E-state index contributed by atoms with van der Waals surface area (Å²) in [4.78, 5) is 24.5. The van der Waals surface area contributed by atoms with E-state index in [2.05, 4.69) is 20.8 Å². The van der Waals surface area contributed by atoms with E-state index in [0.717, 1.165) is 17.6 Å². The van der Waals surface area contributed by atoms with Crippen molar-refractivity contribution in [3.63, 3.8) is 0 Å². The normalized spacial score (nSPS) is 13.3. The van der Waals surface area contributed by atoms with E-state index in [4.69, 9.17) is 0 Å². The Balaban J connectivity index is 0.000000410. The number of aromatic nitrogens is 4. The third-order valence-corrected chi connectivity index (χ3v) is 11.5. The van der Waals surface area contributed by atoms with Crippen molar-refractivity contribution < 1.29 is 26.4 Å². The number of amides is 2. The average molecular weight is 617 g/mol. The van der Waals surface area contributed by atoms with Crippen LogP contribution in [0, 0.1) is 0 Å². The average Bonchev–Trinajstić information content (AvgIpc) is 3.35. The monoisotopic (exact) mass is 616 g/mol. The van der Waals surface area contributed by atoms with Crippen molar-refractivity contribution in [3.8, 4) is 0 Å². The van der Waals surface area contributed by atoms with Crippen molar-refractivity contribution in [2.45, 2.75) is 96.5 Å². The predicted molar refractivity (Wildman–Crippen MR) is 164 cm³/mol. The van der Waals surface area contributed by atoms with Gasteiger partial charge in [0, 0.05) is 49.1 Å². The molecule has 0 atom stereocenters. The number of nitrogens with one attached hydrogen (secondary N) is 2. The maximum atomic E-state index is 12.3. The van der Waals surface area contributed by atoms with Crippen LogP contribution in [0.25, 0.3) is 0 Å². The summed E-state index contributed by atoms with van der Waals surface area (Å²) >= 11 is 0. The molecule has 0 aliphatic carbocycles. The number of sulfone groups is 2. The molecule has 0 radical (unpaired) electrons. The highest BCUT2D eigenvalue weighted by molar-refractivity contribution is 7.93. The van der Waals surface area contributed by atoms with Crippen LogP contribution < -0.4 is 10.6 Å². The van der Waals surface area contributed by atoms with Gasteiger partial charge in [-0.1, -0.05) is 48.5 Å². The second-order valence-electron chi connectivity index (χ2n) is 13.2. The zero-order chi connectivity index (χ0) is 32.6. The molecule has 0 saturated heterocycles. The van der Waals surface area contributed by atoms with Crippen molar-refractivity contribution in [1.29, 1.82) is 0 Å². The van der Waals surface area contributed by atoms with E-state index in [1.165, 1.54) is 39.3 Å². The first-order valence-electron chi connectivity index (χ1n) is 13.2. The van der Waals surface area contributed by atoms with Gasteiger partial charge in [-0.25, -0.2) is 16.8 Å². The molecule has 41 heavy (non-hydrogen) atoms. The van der Waals surface area contributed by atoms with Gasteiger partial charge in [0.05, 0.1) is 11.4 Å². The molecular formula is C27H48N6O6S2. The molecule has 0 saturated carbocycles. The lowest BCUT2D eigenvalue weighted by Gasteiger charge is -2.22. The minimum absolute atomic E-state index is 0.0773. The van der Waals surface area contributed by atoms with E-state index in [0.29, 0.717) is 11.6 Å². The minimum atomic E-state index is -3.50. The first kappa shape index (κ1) is 36.3. The van der Waals surface area contributed by atoms with Crippen LogP contribution in [-0.4, -0.2) is 69.7 Å². The number of hydrogen-bond donors (Lipinski definition) is 2. The van der Waals surface area contributed by atoms with E-state index in [9.17, 15) is 26.4 Å². The van der Waals surface area contributed by atoms with Crippen molar-refractivity contribution in [2.75, 3.05) is 22.6 Å². The van der Waals surface area contributed by atoms with Crippen molar-refractivity contribution in [3.05, 3.63) is 23.5 Å². The molecule has 2 amide bonds. The number of carbonyl (C=O) groups is 2. The van der Waals surface area contributed by atoms with Gasteiger partial charge >= 0.3 is 0 Å². The molecule has 2 aromatic rings. The molecule has 0 bridgehead atoms. The summed E-state index contributed by atoms with van der Waals surface area (Å²) in [6.07, 6.45) is 1.05. The van der Waals surface area contributed by atoms with Gasteiger partial charge in [0.15, 0.2) is 19.7 Å². The van der Waals surface area contributed by atoms with E-state index in [1.807, 2.05) is 41.5 Å². The highest BCUT2D eigenvalue weighted by Gasteiger charge is 2.41. The molecule has 0 spiro atoms. The molecule has 0 aromatic carbocycles. The van der Waals surface area contributed by atoms with Crippen LogP contribution in [0.3, 0.4) is 0 Å². The van der Waals surface area contributed by atoms with Crippen LogP contribution in [0.1, 0.15) is 87.5 Å². The van der Waals surface area contributed by atoms with E-state index < -0.39 is 41.0 Å². The Hall–Kier alpha value is -2.74. The van der Waals surface area contributed by atoms with Gasteiger partial charge in [-0.05, 0) is 27.7 Å². The summed E-state index contributed by atoms with van der Waals surface area (Å²) in [5.41, 5.74) is 1.36. The Kier molecular flexibility index (Phi) is 10.5. The molecule has 14 heteroatoms. The smallest absolute Gasteiger partial charge is 0.246 e. The first-order chi connectivity index (χ1) is 18.1. The Morgan fingerprint density at radius 1 is 0.707 bits per heavy atom. The standard InChI is InChI=1S/C14H25N3O3S.C13H23N3O3S/c1-8-21(19,20)14(5,6)12(18)15-11-9-10(13(2,3)4)16-17(11)7;1-12(2,3)9-8-10(16(6)15-9)14-11(17)13(4,5)20(7,18)19/h9H,8H2,1-7H3,(H,15,18);8H,1-7H3,(H,14,17). The molecule has 2 rings (SSSR count). The van der Waals surface area contributed by atoms with Gasteiger partial charge in [-0.3, -0.25) is 19.0 Å². The van der Waals surface area contributed by atoms with Crippen LogP contribution in [0.4, 0.5) is 11.6 Å². The second-order valence-corrected chi connectivity index (χ2v) is 18.6. The lowest BCUT2D eigenvalue weighted by molar-refractivity contribution is -0.118. The number of aryl methyl sites for hydroxylation is 2. The summed E-state index contributed by atoms with van der Waals surface area (Å²) in [5, 5.41) is 14.0. The zero-order valence-electron chi connectivity index (χ0n) is 26.9. The predicted octanol–water partition coefficient (Wildman–Crippen LogP) is 3.35. The molecular weight excluding hydrogens is 568 g/mol. The Bertz CT molecular complexity index is 1490. The fourth-order valence-electron chi connectivity index (χ4n) is 3.11. The molecule has 0 aliphatic heterocycles. The van der Waals surface area contributed by atoms with Crippen LogP contribution in [0.15, 0.2) is 12.1 Å². The first-order valence-corrected chi connectivity index (χ1v) is 16.8. The summed E-state index contributed by atoms with van der Waals surface area (Å²) in [6, 6.07) is 3.53. The second kappa shape index (κ2) is 11.9. The third kappa shape index (κ3) is 8.40. The lowest BCUT2D eigenvalue weighted by atomic mass is 9.92. The van der Waals surface area contributed by atoms with E-state index >= 15 is 0 Å². The molecule has 0 unspecified atom stereocenters. The third-order valence-electron chi connectivity index (χ3n) is 6.96. The Labute approximate surface area is 245 Å². The van der Waals surface area contributed by atoms with Crippen LogP contribution in [0.2, 0.25) is 0 Å². The maximum absolute atomic E-state index is 12.3. The topological polar surface area (TPSA) is 162 Å². The summed E-state index contributed by atoms with van der Waals surface area (Å²) < 4.78 is 47.5. The molecule has 2 heterocycles. The summed E-state index contributed by atoms with van der Waals surface area (Å²) in [7, 11) is -3.57. The fourth-order valence-corrected chi connectivity index (χ4v) is 4.55. The van der Waals surface area contributed by atoms with Crippen LogP contribution in [0.5, 0.6) is 0 Å². The zero-order valence-corrected chi connectivity index (χ0v) is 28.5.